The predicted octanol–water partition coefficient (Wildman–Crippen LogP) is 2.32. The molecule has 7 nitrogen and oxygen atoms in total. The smallest absolute Gasteiger partial charge is 0.309 e. The Balaban J connectivity index is 1.78. The van der Waals surface area contributed by atoms with Crippen molar-refractivity contribution in [1.82, 2.24) is 4.90 Å². The third-order valence-electron chi connectivity index (χ3n) is 4.47. The number of para-hydroxylation sites is 2. The molecule has 1 aliphatic heterocycles. The zero-order chi connectivity index (χ0) is 19.5. The van der Waals surface area contributed by atoms with Crippen molar-refractivity contribution in [2.75, 3.05) is 51.4 Å². The summed E-state index contributed by atoms with van der Waals surface area (Å²) < 4.78 is 16.1. The Kier molecular flexibility index (Phi) is 8.91. The summed E-state index contributed by atoms with van der Waals surface area (Å²) in [4.78, 5) is 26.1. The van der Waals surface area contributed by atoms with Gasteiger partial charge in [-0.15, -0.1) is 0 Å². The predicted molar refractivity (Wildman–Crippen MR) is 103 cm³/mol. The fraction of sp³-hybridized carbons (Fsp3) is 0.600. The van der Waals surface area contributed by atoms with Crippen molar-refractivity contribution in [3.8, 4) is 5.75 Å². The Morgan fingerprint density at radius 2 is 1.85 bits per heavy atom. The summed E-state index contributed by atoms with van der Waals surface area (Å²) in [6.07, 6.45) is 1.31. The fourth-order valence-corrected chi connectivity index (χ4v) is 3.00. The van der Waals surface area contributed by atoms with E-state index in [1.54, 1.807) is 11.8 Å². The molecule has 1 amide bonds. The third-order valence-corrected chi connectivity index (χ3v) is 4.47. The second-order valence-electron chi connectivity index (χ2n) is 6.30. The van der Waals surface area contributed by atoms with E-state index in [0.29, 0.717) is 58.1 Å². The summed E-state index contributed by atoms with van der Waals surface area (Å²) in [7, 11) is 0. The Labute approximate surface area is 161 Å². The highest BCUT2D eigenvalue weighted by Crippen LogP contribution is 2.24. The van der Waals surface area contributed by atoms with E-state index in [2.05, 4.69) is 5.32 Å². The first-order valence-electron chi connectivity index (χ1n) is 9.63. The maximum absolute atomic E-state index is 12.5. The van der Waals surface area contributed by atoms with Crippen LogP contribution in [0.2, 0.25) is 0 Å². The molecule has 0 unspecified atom stereocenters. The summed E-state index contributed by atoms with van der Waals surface area (Å²) in [5.41, 5.74) is 0.781. The maximum atomic E-state index is 12.5. The van der Waals surface area contributed by atoms with Crippen LogP contribution >= 0.6 is 0 Å². The largest absolute Gasteiger partial charge is 0.489 e. The molecule has 1 aromatic carbocycles. The molecule has 150 valence electrons. The number of rotatable bonds is 10. The number of hydrogen-bond donors (Lipinski definition) is 1. The molecule has 27 heavy (non-hydrogen) atoms. The van der Waals surface area contributed by atoms with E-state index < -0.39 is 0 Å². The minimum atomic E-state index is -0.152. The van der Waals surface area contributed by atoms with Crippen LogP contribution in [0.25, 0.3) is 0 Å². The van der Waals surface area contributed by atoms with E-state index in [-0.39, 0.29) is 24.3 Å². The van der Waals surface area contributed by atoms with Gasteiger partial charge in [0, 0.05) is 19.7 Å². The Morgan fingerprint density at radius 3 is 2.56 bits per heavy atom. The summed E-state index contributed by atoms with van der Waals surface area (Å²) in [6, 6.07) is 7.54. The zero-order valence-corrected chi connectivity index (χ0v) is 16.2. The number of nitrogens with zero attached hydrogens (tertiary/aromatic N) is 1. The summed E-state index contributed by atoms with van der Waals surface area (Å²) in [5.74, 6) is 0.467. The summed E-state index contributed by atoms with van der Waals surface area (Å²) in [5, 5.41) is 3.16. The fourth-order valence-electron chi connectivity index (χ4n) is 3.00. The van der Waals surface area contributed by atoms with Crippen LogP contribution in [-0.2, 0) is 19.1 Å². The SMILES string of the molecule is CCOCCOc1ccccc1NCC(=O)N1CCC(C(=O)OCC)CC1. The molecule has 0 radical (unpaired) electrons. The van der Waals surface area contributed by atoms with Gasteiger partial charge in [-0.3, -0.25) is 9.59 Å². The van der Waals surface area contributed by atoms with Gasteiger partial charge in [0.15, 0.2) is 0 Å². The monoisotopic (exact) mass is 378 g/mol. The number of carbonyl (C=O) groups is 2. The van der Waals surface area contributed by atoms with E-state index in [4.69, 9.17) is 14.2 Å². The lowest BCUT2D eigenvalue weighted by molar-refractivity contribution is -0.151. The molecule has 1 N–H and O–H groups in total. The van der Waals surface area contributed by atoms with Gasteiger partial charge in [-0.1, -0.05) is 12.1 Å². The minimum Gasteiger partial charge on any atom is -0.489 e. The number of hydrogen-bond acceptors (Lipinski definition) is 6. The van der Waals surface area contributed by atoms with E-state index in [1.165, 1.54) is 0 Å². The Morgan fingerprint density at radius 1 is 1.11 bits per heavy atom. The van der Waals surface area contributed by atoms with Crippen molar-refractivity contribution in [3.63, 3.8) is 0 Å². The van der Waals surface area contributed by atoms with Gasteiger partial charge in [0.1, 0.15) is 12.4 Å². The van der Waals surface area contributed by atoms with E-state index in [1.807, 2.05) is 31.2 Å². The minimum absolute atomic E-state index is 0.0152. The summed E-state index contributed by atoms with van der Waals surface area (Å²) in [6.45, 7) is 7.14. The number of esters is 1. The third kappa shape index (κ3) is 6.75. The highest BCUT2D eigenvalue weighted by Gasteiger charge is 2.28. The van der Waals surface area contributed by atoms with Gasteiger partial charge in [-0.2, -0.15) is 0 Å². The van der Waals surface area contributed by atoms with Crippen molar-refractivity contribution in [2.45, 2.75) is 26.7 Å². The lowest BCUT2D eigenvalue weighted by atomic mass is 9.97. The second kappa shape index (κ2) is 11.4. The van der Waals surface area contributed by atoms with Crippen LogP contribution in [0.3, 0.4) is 0 Å². The molecule has 7 heteroatoms. The number of carbonyl (C=O) groups excluding carboxylic acids is 2. The maximum Gasteiger partial charge on any atom is 0.309 e. The number of ether oxygens (including phenoxy) is 3. The van der Waals surface area contributed by atoms with Gasteiger partial charge in [-0.05, 0) is 38.8 Å². The van der Waals surface area contributed by atoms with E-state index in [9.17, 15) is 9.59 Å². The molecule has 0 bridgehead atoms. The number of benzene rings is 1. The molecule has 2 rings (SSSR count). The van der Waals surface area contributed by atoms with E-state index >= 15 is 0 Å². The van der Waals surface area contributed by atoms with Gasteiger partial charge in [0.05, 0.1) is 31.4 Å². The molecule has 1 fully saturated rings. The number of likely N-dealkylation sites (tertiary alicyclic amines) is 1. The summed E-state index contributed by atoms with van der Waals surface area (Å²) >= 11 is 0. The average molecular weight is 378 g/mol. The topological polar surface area (TPSA) is 77.1 Å². The van der Waals surface area contributed by atoms with Crippen molar-refractivity contribution in [2.24, 2.45) is 5.92 Å². The second-order valence-corrected chi connectivity index (χ2v) is 6.30. The van der Waals surface area contributed by atoms with Crippen LogP contribution in [-0.4, -0.2) is 62.8 Å². The average Bonchev–Trinajstić information content (AvgIpc) is 2.70. The lowest BCUT2D eigenvalue weighted by Crippen LogP contribution is -2.43. The van der Waals surface area contributed by atoms with Crippen LogP contribution in [0.15, 0.2) is 24.3 Å². The molecule has 0 saturated carbocycles. The lowest BCUT2D eigenvalue weighted by Gasteiger charge is -2.31. The first-order valence-corrected chi connectivity index (χ1v) is 9.63. The van der Waals surface area contributed by atoms with Crippen LogP contribution in [0.4, 0.5) is 5.69 Å². The normalized spacial score (nSPS) is 14.7. The van der Waals surface area contributed by atoms with Crippen LogP contribution < -0.4 is 10.1 Å². The zero-order valence-electron chi connectivity index (χ0n) is 16.2. The number of amides is 1. The molecule has 0 spiro atoms. The highest BCUT2D eigenvalue weighted by atomic mass is 16.5. The number of nitrogens with one attached hydrogen (secondary N) is 1. The van der Waals surface area contributed by atoms with Gasteiger partial charge < -0.3 is 24.4 Å². The molecule has 1 heterocycles. The standard InChI is InChI=1S/C20H30N2O5/c1-3-25-13-14-27-18-8-6-5-7-17(18)21-15-19(23)22-11-9-16(10-12-22)20(24)26-4-2/h5-8,16,21H,3-4,9-15H2,1-2H3. The van der Waals surface area contributed by atoms with Crippen molar-refractivity contribution in [1.29, 1.82) is 0 Å². The molecular formula is C20H30N2O5. The van der Waals surface area contributed by atoms with E-state index in [0.717, 1.165) is 5.69 Å². The van der Waals surface area contributed by atoms with Crippen molar-refractivity contribution < 1.29 is 23.8 Å². The van der Waals surface area contributed by atoms with Crippen molar-refractivity contribution in [3.05, 3.63) is 24.3 Å². The molecule has 0 aliphatic carbocycles. The highest BCUT2D eigenvalue weighted by molar-refractivity contribution is 5.82. The van der Waals surface area contributed by atoms with Crippen LogP contribution in [0.1, 0.15) is 26.7 Å². The molecule has 0 atom stereocenters. The molecule has 1 saturated heterocycles. The van der Waals surface area contributed by atoms with Gasteiger partial charge >= 0.3 is 5.97 Å². The Hall–Kier alpha value is -2.28. The van der Waals surface area contributed by atoms with Crippen LogP contribution in [0, 0.1) is 5.92 Å². The van der Waals surface area contributed by atoms with Gasteiger partial charge in [0.2, 0.25) is 5.91 Å². The van der Waals surface area contributed by atoms with Crippen LogP contribution in [0.5, 0.6) is 5.75 Å². The van der Waals surface area contributed by atoms with Gasteiger partial charge in [0.25, 0.3) is 0 Å². The molecular weight excluding hydrogens is 348 g/mol. The van der Waals surface area contributed by atoms with Gasteiger partial charge in [-0.25, -0.2) is 0 Å². The quantitative estimate of drug-likeness (QED) is 0.497. The Bertz CT molecular complexity index is 600. The molecule has 0 aromatic heterocycles. The molecule has 1 aromatic rings. The molecule has 1 aliphatic rings. The van der Waals surface area contributed by atoms with Crippen molar-refractivity contribution >= 4 is 17.6 Å². The number of anilines is 1. The number of piperidine rings is 1. The first-order chi connectivity index (χ1) is 13.2. The first kappa shape index (κ1) is 21.0.